The number of nitrogens with two attached hydrogens (primary N) is 1. The SMILES string of the molecule is NCc1cc(-c2cnc(C3CCOCC3)o2)ccc1F. The highest BCUT2D eigenvalue weighted by molar-refractivity contribution is 5.57. The summed E-state index contributed by atoms with van der Waals surface area (Å²) in [6, 6.07) is 4.81. The summed E-state index contributed by atoms with van der Waals surface area (Å²) in [5, 5.41) is 0. The third-order valence-corrected chi connectivity index (χ3v) is 3.64. The fourth-order valence-corrected chi connectivity index (χ4v) is 2.44. The van der Waals surface area contributed by atoms with Crippen molar-refractivity contribution in [1.82, 2.24) is 4.98 Å². The third kappa shape index (κ3) is 2.59. The van der Waals surface area contributed by atoms with Gasteiger partial charge in [-0.05, 0) is 31.0 Å². The fraction of sp³-hybridized carbons (Fsp3) is 0.400. The van der Waals surface area contributed by atoms with E-state index in [9.17, 15) is 4.39 Å². The smallest absolute Gasteiger partial charge is 0.198 e. The van der Waals surface area contributed by atoms with Gasteiger partial charge in [-0.15, -0.1) is 0 Å². The molecule has 0 amide bonds. The molecule has 106 valence electrons. The van der Waals surface area contributed by atoms with E-state index in [0.717, 1.165) is 37.5 Å². The lowest BCUT2D eigenvalue weighted by Gasteiger charge is -2.18. The minimum Gasteiger partial charge on any atom is -0.440 e. The summed E-state index contributed by atoms with van der Waals surface area (Å²) in [5.74, 6) is 1.41. The molecular formula is C15H17FN2O2. The highest BCUT2D eigenvalue weighted by atomic mass is 19.1. The van der Waals surface area contributed by atoms with Crippen LogP contribution in [-0.4, -0.2) is 18.2 Å². The molecule has 1 aromatic carbocycles. The van der Waals surface area contributed by atoms with Gasteiger partial charge in [-0.3, -0.25) is 0 Å². The van der Waals surface area contributed by atoms with Crippen LogP contribution in [0, 0.1) is 5.82 Å². The maximum absolute atomic E-state index is 13.4. The van der Waals surface area contributed by atoms with Gasteiger partial charge in [0.1, 0.15) is 5.82 Å². The van der Waals surface area contributed by atoms with Gasteiger partial charge in [0, 0.05) is 36.8 Å². The van der Waals surface area contributed by atoms with Crippen molar-refractivity contribution in [2.75, 3.05) is 13.2 Å². The van der Waals surface area contributed by atoms with Crippen molar-refractivity contribution >= 4 is 0 Å². The van der Waals surface area contributed by atoms with Gasteiger partial charge in [0.25, 0.3) is 0 Å². The van der Waals surface area contributed by atoms with Crippen molar-refractivity contribution in [3.8, 4) is 11.3 Å². The van der Waals surface area contributed by atoms with E-state index in [1.165, 1.54) is 6.07 Å². The zero-order valence-electron chi connectivity index (χ0n) is 11.1. The molecule has 3 rings (SSSR count). The molecule has 20 heavy (non-hydrogen) atoms. The zero-order valence-corrected chi connectivity index (χ0v) is 11.1. The molecule has 4 nitrogen and oxygen atoms in total. The second-order valence-electron chi connectivity index (χ2n) is 4.96. The first-order valence-corrected chi connectivity index (χ1v) is 6.80. The molecule has 1 saturated heterocycles. The average molecular weight is 276 g/mol. The van der Waals surface area contributed by atoms with Crippen LogP contribution in [-0.2, 0) is 11.3 Å². The second kappa shape index (κ2) is 5.73. The minimum absolute atomic E-state index is 0.167. The predicted octanol–water partition coefficient (Wildman–Crippen LogP) is 2.83. The lowest BCUT2D eigenvalue weighted by Crippen LogP contribution is -2.14. The molecule has 0 spiro atoms. The van der Waals surface area contributed by atoms with Crippen LogP contribution in [0.25, 0.3) is 11.3 Å². The third-order valence-electron chi connectivity index (χ3n) is 3.64. The first kappa shape index (κ1) is 13.3. The second-order valence-corrected chi connectivity index (χ2v) is 4.96. The Balaban J connectivity index is 1.85. The fourth-order valence-electron chi connectivity index (χ4n) is 2.44. The Labute approximate surface area is 116 Å². The van der Waals surface area contributed by atoms with Crippen LogP contribution >= 0.6 is 0 Å². The molecule has 2 aromatic rings. The van der Waals surface area contributed by atoms with Crippen LogP contribution in [0.15, 0.2) is 28.8 Å². The largest absolute Gasteiger partial charge is 0.440 e. The number of halogens is 1. The van der Waals surface area contributed by atoms with E-state index in [0.29, 0.717) is 17.2 Å². The van der Waals surface area contributed by atoms with Gasteiger partial charge in [-0.2, -0.15) is 0 Å². The number of ether oxygens (including phenoxy) is 1. The summed E-state index contributed by atoms with van der Waals surface area (Å²) < 4.78 is 24.6. The number of oxazole rings is 1. The van der Waals surface area contributed by atoms with Gasteiger partial charge >= 0.3 is 0 Å². The van der Waals surface area contributed by atoms with Crippen LogP contribution in [0.4, 0.5) is 4.39 Å². The Morgan fingerprint density at radius 2 is 2.10 bits per heavy atom. The molecule has 0 unspecified atom stereocenters. The van der Waals surface area contributed by atoms with Crippen LogP contribution in [0.2, 0.25) is 0 Å². The van der Waals surface area contributed by atoms with E-state index in [1.807, 2.05) is 0 Å². The summed E-state index contributed by atoms with van der Waals surface area (Å²) in [5.41, 5.74) is 6.80. The van der Waals surface area contributed by atoms with Gasteiger partial charge in [0.15, 0.2) is 11.7 Å². The summed E-state index contributed by atoms with van der Waals surface area (Å²) in [6.45, 7) is 1.66. The highest BCUT2D eigenvalue weighted by Gasteiger charge is 2.21. The summed E-state index contributed by atoms with van der Waals surface area (Å²) in [4.78, 5) is 4.35. The van der Waals surface area contributed by atoms with Crippen LogP contribution in [0.3, 0.4) is 0 Å². The zero-order chi connectivity index (χ0) is 13.9. The molecular weight excluding hydrogens is 259 g/mol. The average Bonchev–Trinajstić information content (AvgIpc) is 2.98. The van der Waals surface area contributed by atoms with Crippen LogP contribution in [0.1, 0.15) is 30.2 Å². The van der Waals surface area contributed by atoms with E-state index < -0.39 is 0 Å². The Morgan fingerprint density at radius 1 is 1.30 bits per heavy atom. The Hall–Kier alpha value is -1.72. The van der Waals surface area contributed by atoms with E-state index in [4.69, 9.17) is 14.9 Å². The van der Waals surface area contributed by atoms with Crippen molar-refractivity contribution < 1.29 is 13.5 Å². The minimum atomic E-state index is -0.291. The molecule has 5 heteroatoms. The first-order chi connectivity index (χ1) is 9.78. The molecule has 0 radical (unpaired) electrons. The maximum Gasteiger partial charge on any atom is 0.198 e. The lowest BCUT2D eigenvalue weighted by atomic mass is 10.0. The summed E-state index contributed by atoms with van der Waals surface area (Å²) in [7, 11) is 0. The predicted molar refractivity (Wildman–Crippen MR) is 72.6 cm³/mol. The maximum atomic E-state index is 13.4. The normalized spacial score (nSPS) is 16.5. The van der Waals surface area contributed by atoms with Crippen molar-refractivity contribution in [3.05, 3.63) is 41.7 Å². The van der Waals surface area contributed by atoms with Gasteiger partial charge in [0.05, 0.1) is 6.20 Å². The van der Waals surface area contributed by atoms with Gasteiger partial charge in [-0.25, -0.2) is 9.37 Å². The summed E-state index contributed by atoms with van der Waals surface area (Å²) in [6.07, 6.45) is 3.55. The van der Waals surface area contributed by atoms with Gasteiger partial charge < -0.3 is 14.9 Å². The topological polar surface area (TPSA) is 61.3 Å². The number of benzene rings is 1. The molecule has 1 fully saturated rings. The van der Waals surface area contributed by atoms with Crippen LogP contribution in [0.5, 0.6) is 0 Å². The molecule has 2 N–H and O–H groups in total. The molecule has 0 aliphatic carbocycles. The number of rotatable bonds is 3. The Bertz CT molecular complexity index is 591. The van der Waals surface area contributed by atoms with Crippen molar-refractivity contribution in [3.63, 3.8) is 0 Å². The van der Waals surface area contributed by atoms with Crippen LogP contribution < -0.4 is 5.73 Å². The molecule has 2 heterocycles. The van der Waals surface area contributed by atoms with E-state index in [1.54, 1.807) is 18.3 Å². The van der Waals surface area contributed by atoms with Crippen molar-refractivity contribution in [1.29, 1.82) is 0 Å². The van der Waals surface area contributed by atoms with E-state index >= 15 is 0 Å². The van der Waals surface area contributed by atoms with E-state index in [2.05, 4.69) is 4.98 Å². The van der Waals surface area contributed by atoms with Gasteiger partial charge in [0.2, 0.25) is 0 Å². The number of hydrogen-bond acceptors (Lipinski definition) is 4. The molecule has 1 aliphatic rings. The molecule has 0 atom stereocenters. The monoisotopic (exact) mass is 276 g/mol. The molecule has 1 aromatic heterocycles. The van der Waals surface area contributed by atoms with Crippen molar-refractivity contribution in [2.24, 2.45) is 5.73 Å². The molecule has 0 bridgehead atoms. The number of aromatic nitrogens is 1. The Kier molecular flexibility index (Phi) is 3.80. The highest BCUT2D eigenvalue weighted by Crippen LogP contribution is 2.30. The van der Waals surface area contributed by atoms with E-state index in [-0.39, 0.29) is 12.4 Å². The first-order valence-electron chi connectivity index (χ1n) is 6.80. The molecule has 0 saturated carbocycles. The quantitative estimate of drug-likeness (QED) is 0.936. The summed E-state index contributed by atoms with van der Waals surface area (Å²) >= 11 is 0. The van der Waals surface area contributed by atoms with Crippen molar-refractivity contribution in [2.45, 2.75) is 25.3 Å². The standard InChI is InChI=1S/C15H17FN2O2/c16-13-2-1-11(7-12(13)8-17)14-9-18-15(20-14)10-3-5-19-6-4-10/h1-2,7,9-10H,3-6,8,17H2. The number of hydrogen-bond donors (Lipinski definition) is 1. The molecule has 1 aliphatic heterocycles. The Morgan fingerprint density at radius 3 is 2.85 bits per heavy atom. The lowest BCUT2D eigenvalue weighted by molar-refractivity contribution is 0.0796. The van der Waals surface area contributed by atoms with Gasteiger partial charge in [-0.1, -0.05) is 0 Å². The number of nitrogens with zero attached hydrogens (tertiary/aromatic N) is 1.